The van der Waals surface area contributed by atoms with E-state index >= 15 is 0 Å². The van der Waals surface area contributed by atoms with Crippen LogP contribution in [0.3, 0.4) is 0 Å². The highest BCUT2D eigenvalue weighted by molar-refractivity contribution is 5.99. The normalized spacial score (nSPS) is 27.0. The van der Waals surface area contributed by atoms with Crippen molar-refractivity contribution < 1.29 is 26.7 Å². The zero-order valence-corrected chi connectivity index (χ0v) is 13.3. The summed E-state index contributed by atoms with van der Waals surface area (Å²) >= 11 is 0. The Hall–Kier alpha value is -1.44. The second-order valence-corrected chi connectivity index (χ2v) is 5.79. The molecule has 0 aromatic heterocycles. The lowest BCUT2D eigenvalue weighted by Crippen LogP contribution is -2.52. The van der Waals surface area contributed by atoms with Gasteiger partial charge in [-0.1, -0.05) is 13.5 Å². The fourth-order valence-electron chi connectivity index (χ4n) is 2.54. The third kappa shape index (κ3) is 5.93. The Kier molecular flexibility index (Phi) is 6.33. The molecule has 0 aromatic carbocycles. The lowest BCUT2D eigenvalue weighted by molar-refractivity contribution is -0.105. The summed E-state index contributed by atoms with van der Waals surface area (Å²) < 4.78 is 69.6. The molecule has 1 saturated heterocycles. The fraction of sp³-hybridized carbons (Fsp3) is 0.667. The SMILES string of the molecule is C=C/C(=N\C=C(/C)OCC1C(C)CC(F)(F)CN1C)C(F)(F)F. The van der Waals surface area contributed by atoms with Crippen LogP contribution in [0, 0.1) is 5.92 Å². The van der Waals surface area contributed by atoms with E-state index in [2.05, 4.69) is 11.6 Å². The first-order valence-electron chi connectivity index (χ1n) is 7.11. The summed E-state index contributed by atoms with van der Waals surface area (Å²) in [5.41, 5.74) is -1.12. The van der Waals surface area contributed by atoms with E-state index < -0.39 is 17.8 Å². The fourth-order valence-corrected chi connectivity index (χ4v) is 2.54. The summed E-state index contributed by atoms with van der Waals surface area (Å²) in [7, 11) is 1.58. The molecule has 0 saturated carbocycles. The van der Waals surface area contributed by atoms with Crippen LogP contribution in [0.5, 0.6) is 0 Å². The number of ether oxygens (including phenoxy) is 1. The van der Waals surface area contributed by atoms with Crippen LogP contribution in [0.1, 0.15) is 20.3 Å². The molecule has 23 heavy (non-hydrogen) atoms. The van der Waals surface area contributed by atoms with Crippen LogP contribution in [0.4, 0.5) is 22.0 Å². The molecule has 0 bridgehead atoms. The molecule has 0 N–H and O–H groups in total. The molecule has 0 aromatic rings. The van der Waals surface area contributed by atoms with Crippen LogP contribution in [-0.2, 0) is 4.74 Å². The molecule has 0 aliphatic carbocycles. The molecular weight excluding hydrogens is 319 g/mol. The molecule has 3 nitrogen and oxygen atoms in total. The molecule has 1 fully saturated rings. The highest BCUT2D eigenvalue weighted by atomic mass is 19.4. The smallest absolute Gasteiger partial charge is 0.433 e. The van der Waals surface area contributed by atoms with Crippen molar-refractivity contribution in [1.82, 2.24) is 4.90 Å². The Balaban J connectivity index is 2.65. The van der Waals surface area contributed by atoms with Gasteiger partial charge in [0.1, 0.15) is 18.1 Å². The van der Waals surface area contributed by atoms with E-state index in [1.165, 1.54) is 11.8 Å². The van der Waals surface area contributed by atoms with Gasteiger partial charge in [-0.3, -0.25) is 4.90 Å². The van der Waals surface area contributed by atoms with Gasteiger partial charge in [0.25, 0.3) is 5.92 Å². The van der Waals surface area contributed by atoms with Crippen LogP contribution in [0.15, 0.2) is 29.6 Å². The standard InChI is InChI=1S/C15H21F5N2O/c1-5-13(15(18,19)20)21-7-11(3)23-8-12-10(2)6-14(16,17)9-22(12)4/h5,7,10,12H,1,6,8-9H2,2-4H3/b11-7+,21-13+. The van der Waals surface area contributed by atoms with Crippen molar-refractivity contribution in [3.63, 3.8) is 0 Å². The monoisotopic (exact) mass is 340 g/mol. The summed E-state index contributed by atoms with van der Waals surface area (Å²) in [5.74, 6) is -2.85. The van der Waals surface area contributed by atoms with Gasteiger partial charge in [0.2, 0.25) is 0 Å². The van der Waals surface area contributed by atoms with E-state index in [9.17, 15) is 22.0 Å². The number of rotatable bonds is 5. The number of hydrogen-bond acceptors (Lipinski definition) is 3. The molecule has 0 amide bonds. The van der Waals surface area contributed by atoms with E-state index in [4.69, 9.17) is 4.74 Å². The largest absolute Gasteiger partial charge is 0.495 e. The molecule has 1 heterocycles. The van der Waals surface area contributed by atoms with Crippen LogP contribution in [0.25, 0.3) is 0 Å². The maximum Gasteiger partial charge on any atom is 0.433 e. The number of nitrogens with zero attached hydrogens (tertiary/aromatic N) is 2. The van der Waals surface area contributed by atoms with Crippen molar-refractivity contribution in [3.05, 3.63) is 24.6 Å². The maximum absolute atomic E-state index is 13.4. The lowest BCUT2D eigenvalue weighted by Gasteiger charge is -2.41. The third-order valence-corrected chi connectivity index (χ3v) is 3.68. The third-order valence-electron chi connectivity index (χ3n) is 3.68. The molecule has 2 atom stereocenters. The number of likely N-dealkylation sites (N-methyl/N-ethyl adjacent to an activating group) is 1. The average molecular weight is 340 g/mol. The Morgan fingerprint density at radius 3 is 2.52 bits per heavy atom. The van der Waals surface area contributed by atoms with E-state index in [0.29, 0.717) is 6.08 Å². The van der Waals surface area contributed by atoms with Gasteiger partial charge in [0.15, 0.2) is 0 Å². The van der Waals surface area contributed by atoms with Gasteiger partial charge in [-0.2, -0.15) is 13.2 Å². The van der Waals surface area contributed by atoms with Gasteiger partial charge in [0.05, 0.1) is 12.7 Å². The first kappa shape index (κ1) is 19.6. The van der Waals surface area contributed by atoms with E-state index in [1.54, 1.807) is 14.0 Å². The molecule has 1 rings (SSSR count). The molecule has 1 aliphatic rings. The second-order valence-electron chi connectivity index (χ2n) is 5.79. The zero-order valence-electron chi connectivity index (χ0n) is 13.3. The Labute approximate surface area is 132 Å². The number of allylic oxidation sites excluding steroid dienone is 2. The lowest BCUT2D eigenvalue weighted by atomic mass is 9.89. The summed E-state index contributed by atoms with van der Waals surface area (Å²) in [6.45, 7) is 5.98. The van der Waals surface area contributed by atoms with E-state index in [0.717, 1.165) is 6.20 Å². The number of hydrogen-bond donors (Lipinski definition) is 0. The van der Waals surface area contributed by atoms with Crippen molar-refractivity contribution >= 4 is 5.71 Å². The first-order chi connectivity index (χ1) is 10.5. The quantitative estimate of drug-likeness (QED) is 0.429. The molecule has 0 spiro atoms. The highest BCUT2D eigenvalue weighted by Crippen LogP contribution is 2.33. The number of likely N-dealkylation sites (tertiary alicyclic amines) is 1. The Morgan fingerprint density at radius 2 is 2.04 bits per heavy atom. The number of alkyl halides is 5. The summed E-state index contributed by atoms with van der Waals surface area (Å²) in [6, 6.07) is -0.233. The maximum atomic E-state index is 13.4. The van der Waals surface area contributed by atoms with Gasteiger partial charge in [0, 0.05) is 12.5 Å². The predicted octanol–water partition coefficient (Wildman–Crippen LogP) is 4.03. The van der Waals surface area contributed by atoms with E-state index in [1.807, 2.05) is 0 Å². The molecular formula is C15H21F5N2O. The van der Waals surface area contributed by atoms with Gasteiger partial charge in [-0.25, -0.2) is 13.8 Å². The van der Waals surface area contributed by atoms with Crippen LogP contribution >= 0.6 is 0 Å². The van der Waals surface area contributed by atoms with Crippen molar-refractivity contribution in [1.29, 1.82) is 0 Å². The highest BCUT2D eigenvalue weighted by Gasteiger charge is 2.42. The first-order valence-corrected chi connectivity index (χ1v) is 7.11. The van der Waals surface area contributed by atoms with Gasteiger partial charge >= 0.3 is 6.18 Å². The Bertz CT molecular complexity index is 471. The van der Waals surface area contributed by atoms with Crippen molar-refractivity contribution in [3.8, 4) is 0 Å². The molecule has 0 radical (unpaired) electrons. The van der Waals surface area contributed by atoms with Crippen LogP contribution in [0.2, 0.25) is 0 Å². The topological polar surface area (TPSA) is 24.8 Å². The van der Waals surface area contributed by atoms with E-state index in [-0.39, 0.29) is 37.3 Å². The van der Waals surface area contributed by atoms with Gasteiger partial charge < -0.3 is 4.74 Å². The predicted molar refractivity (Wildman–Crippen MR) is 78.5 cm³/mol. The second kappa shape index (κ2) is 7.42. The molecule has 2 unspecified atom stereocenters. The van der Waals surface area contributed by atoms with Crippen LogP contribution in [-0.4, -0.2) is 49.0 Å². The summed E-state index contributed by atoms with van der Waals surface area (Å²) in [5, 5.41) is 0. The van der Waals surface area contributed by atoms with Gasteiger partial charge in [-0.05, 0) is 26.0 Å². The number of halogens is 5. The average Bonchev–Trinajstić information content (AvgIpc) is 2.35. The Morgan fingerprint density at radius 1 is 1.43 bits per heavy atom. The summed E-state index contributed by atoms with van der Waals surface area (Å²) in [6.07, 6.45) is -3.25. The van der Waals surface area contributed by atoms with Gasteiger partial charge in [-0.15, -0.1) is 0 Å². The molecule has 1 aliphatic heterocycles. The molecule has 132 valence electrons. The minimum Gasteiger partial charge on any atom is -0.495 e. The number of aliphatic imine (C=N–C) groups is 1. The number of piperidine rings is 1. The minimum atomic E-state index is -4.58. The zero-order chi connectivity index (χ0) is 17.8. The summed E-state index contributed by atoms with van der Waals surface area (Å²) in [4.78, 5) is 4.80. The van der Waals surface area contributed by atoms with Crippen molar-refractivity contribution in [2.75, 3.05) is 20.2 Å². The minimum absolute atomic E-state index is 0.112. The van der Waals surface area contributed by atoms with Crippen molar-refractivity contribution in [2.45, 2.75) is 38.4 Å². The van der Waals surface area contributed by atoms with Crippen LogP contribution < -0.4 is 0 Å². The van der Waals surface area contributed by atoms with Crippen molar-refractivity contribution in [2.24, 2.45) is 10.9 Å². The molecule has 8 heteroatoms.